The first-order valence-corrected chi connectivity index (χ1v) is 6.81. The van der Waals surface area contributed by atoms with Crippen LogP contribution in [0.5, 0.6) is 0 Å². The van der Waals surface area contributed by atoms with Gasteiger partial charge >= 0.3 is 0 Å². The van der Waals surface area contributed by atoms with Gasteiger partial charge in [0.2, 0.25) is 0 Å². The molecule has 1 heterocycles. The normalized spacial score (nSPS) is 16.2. The molecule has 0 unspecified atom stereocenters. The zero-order chi connectivity index (χ0) is 14.4. The van der Waals surface area contributed by atoms with Gasteiger partial charge in [-0.25, -0.2) is 0 Å². The molecular formula is C15H18N4O. The molecule has 0 amide bonds. The van der Waals surface area contributed by atoms with Gasteiger partial charge in [-0.1, -0.05) is 6.07 Å². The second kappa shape index (κ2) is 6.91. The van der Waals surface area contributed by atoms with Crippen LogP contribution in [0.25, 0.3) is 0 Å². The Morgan fingerprint density at radius 2 is 1.95 bits per heavy atom. The van der Waals surface area contributed by atoms with Crippen molar-refractivity contribution in [1.82, 2.24) is 4.90 Å². The number of anilines is 1. The molecule has 1 aromatic rings. The molecule has 104 valence electrons. The summed E-state index contributed by atoms with van der Waals surface area (Å²) in [5, 5.41) is 27.4. The zero-order valence-corrected chi connectivity index (χ0v) is 11.4. The Hall–Kier alpha value is -2.08. The highest BCUT2D eigenvalue weighted by molar-refractivity contribution is 5.65. The van der Waals surface area contributed by atoms with Crippen LogP contribution in [-0.4, -0.2) is 49.3 Å². The quantitative estimate of drug-likeness (QED) is 0.884. The summed E-state index contributed by atoms with van der Waals surface area (Å²) >= 11 is 0. The third-order valence-corrected chi connectivity index (χ3v) is 3.62. The van der Waals surface area contributed by atoms with Crippen molar-refractivity contribution in [2.45, 2.75) is 6.42 Å². The Morgan fingerprint density at radius 1 is 1.10 bits per heavy atom. The Labute approximate surface area is 119 Å². The summed E-state index contributed by atoms with van der Waals surface area (Å²) in [7, 11) is 0. The SMILES string of the molecule is N#Cc1cccc(N2CCCN(CCO)CC2)c1C#N. The van der Waals surface area contributed by atoms with E-state index in [9.17, 15) is 5.26 Å². The predicted octanol–water partition coefficient (Wildman–Crippen LogP) is 0.934. The fourth-order valence-corrected chi connectivity index (χ4v) is 2.59. The number of hydrogen-bond donors (Lipinski definition) is 1. The predicted molar refractivity (Wildman–Crippen MR) is 76.2 cm³/mol. The third kappa shape index (κ3) is 3.08. The van der Waals surface area contributed by atoms with Gasteiger partial charge < -0.3 is 10.0 Å². The van der Waals surface area contributed by atoms with E-state index in [-0.39, 0.29) is 6.61 Å². The number of aliphatic hydroxyl groups excluding tert-OH is 1. The van der Waals surface area contributed by atoms with Crippen LogP contribution >= 0.6 is 0 Å². The summed E-state index contributed by atoms with van der Waals surface area (Å²) in [4.78, 5) is 4.39. The Kier molecular flexibility index (Phi) is 4.95. The van der Waals surface area contributed by atoms with Crippen LogP contribution in [0.2, 0.25) is 0 Å². The summed E-state index contributed by atoms with van der Waals surface area (Å²) in [6.45, 7) is 4.36. The summed E-state index contributed by atoms with van der Waals surface area (Å²) in [6, 6.07) is 9.64. The van der Waals surface area contributed by atoms with Crippen molar-refractivity contribution >= 4 is 5.69 Å². The zero-order valence-electron chi connectivity index (χ0n) is 11.4. The second-order valence-electron chi connectivity index (χ2n) is 4.83. The average molecular weight is 270 g/mol. The Balaban J connectivity index is 2.20. The Morgan fingerprint density at radius 3 is 2.65 bits per heavy atom. The molecule has 1 aliphatic rings. The highest BCUT2D eigenvalue weighted by Gasteiger charge is 2.18. The minimum absolute atomic E-state index is 0.174. The van der Waals surface area contributed by atoms with Gasteiger partial charge in [0.25, 0.3) is 0 Å². The van der Waals surface area contributed by atoms with Crippen LogP contribution in [0.3, 0.4) is 0 Å². The highest BCUT2D eigenvalue weighted by atomic mass is 16.3. The van der Waals surface area contributed by atoms with Crippen molar-refractivity contribution in [3.63, 3.8) is 0 Å². The topological polar surface area (TPSA) is 74.3 Å². The first-order valence-electron chi connectivity index (χ1n) is 6.81. The molecule has 1 aliphatic heterocycles. The van der Waals surface area contributed by atoms with E-state index in [1.165, 1.54) is 0 Å². The lowest BCUT2D eigenvalue weighted by Crippen LogP contribution is -2.32. The van der Waals surface area contributed by atoms with Gasteiger partial charge in [0.1, 0.15) is 12.1 Å². The maximum Gasteiger partial charge on any atom is 0.103 e. The molecule has 0 aromatic heterocycles. The number of nitriles is 2. The molecule has 1 N–H and O–H groups in total. The maximum atomic E-state index is 9.30. The number of benzene rings is 1. The molecule has 5 nitrogen and oxygen atoms in total. The molecule has 1 aromatic carbocycles. The minimum atomic E-state index is 0.174. The largest absolute Gasteiger partial charge is 0.395 e. The van der Waals surface area contributed by atoms with Crippen molar-refractivity contribution in [2.75, 3.05) is 44.2 Å². The van der Waals surface area contributed by atoms with Gasteiger partial charge in [-0.05, 0) is 25.1 Å². The monoisotopic (exact) mass is 270 g/mol. The molecule has 20 heavy (non-hydrogen) atoms. The average Bonchev–Trinajstić information content (AvgIpc) is 2.72. The number of nitrogens with zero attached hydrogens (tertiary/aromatic N) is 4. The number of β-amino-alcohol motifs (C(OH)–C–C–N with tert-alkyl or cyclic N) is 1. The van der Waals surface area contributed by atoms with Gasteiger partial charge in [0.15, 0.2) is 0 Å². The molecule has 0 radical (unpaired) electrons. The van der Waals surface area contributed by atoms with Gasteiger partial charge in [-0.3, -0.25) is 4.90 Å². The number of hydrogen-bond acceptors (Lipinski definition) is 5. The lowest BCUT2D eigenvalue weighted by atomic mass is 10.1. The van der Waals surface area contributed by atoms with Crippen molar-refractivity contribution in [2.24, 2.45) is 0 Å². The van der Waals surface area contributed by atoms with Crippen LogP contribution in [0, 0.1) is 22.7 Å². The summed E-state index contributed by atoms with van der Waals surface area (Å²) < 4.78 is 0. The van der Waals surface area contributed by atoms with Crippen molar-refractivity contribution in [3.05, 3.63) is 29.3 Å². The van der Waals surface area contributed by atoms with E-state index in [1.54, 1.807) is 6.07 Å². The highest BCUT2D eigenvalue weighted by Crippen LogP contribution is 2.24. The molecule has 0 aliphatic carbocycles. The van der Waals surface area contributed by atoms with Gasteiger partial charge in [0.05, 0.1) is 23.4 Å². The standard InChI is InChI=1S/C15H18N4O/c16-11-13-3-1-4-15(14(13)12-17)19-6-2-5-18(7-8-19)9-10-20/h1,3-4,20H,2,5-10H2. The molecule has 2 rings (SSSR count). The van der Waals surface area contributed by atoms with E-state index in [4.69, 9.17) is 10.4 Å². The first kappa shape index (κ1) is 14.3. The molecule has 1 fully saturated rings. The second-order valence-corrected chi connectivity index (χ2v) is 4.83. The molecular weight excluding hydrogens is 252 g/mol. The van der Waals surface area contributed by atoms with Crippen LogP contribution in [0.4, 0.5) is 5.69 Å². The summed E-state index contributed by atoms with van der Waals surface area (Å²) in [6.07, 6.45) is 0.988. The van der Waals surface area contributed by atoms with E-state index < -0.39 is 0 Å². The Bertz CT molecular complexity index is 544. The molecule has 0 saturated carbocycles. The molecule has 0 atom stereocenters. The van der Waals surface area contributed by atoms with E-state index in [2.05, 4.69) is 21.9 Å². The van der Waals surface area contributed by atoms with E-state index in [0.717, 1.165) is 38.3 Å². The number of aliphatic hydroxyl groups is 1. The lowest BCUT2D eigenvalue weighted by molar-refractivity contribution is 0.204. The maximum absolute atomic E-state index is 9.30. The van der Waals surface area contributed by atoms with Crippen molar-refractivity contribution < 1.29 is 5.11 Å². The van der Waals surface area contributed by atoms with Crippen molar-refractivity contribution in [1.29, 1.82) is 10.5 Å². The molecule has 5 heteroatoms. The first-order chi connectivity index (χ1) is 9.80. The van der Waals surface area contributed by atoms with Gasteiger partial charge in [-0.2, -0.15) is 10.5 Å². The summed E-state index contributed by atoms with van der Waals surface area (Å²) in [5.74, 6) is 0. The molecule has 0 bridgehead atoms. The van der Waals surface area contributed by atoms with E-state index >= 15 is 0 Å². The van der Waals surface area contributed by atoms with Crippen LogP contribution in [0.15, 0.2) is 18.2 Å². The van der Waals surface area contributed by atoms with Gasteiger partial charge in [-0.15, -0.1) is 0 Å². The van der Waals surface area contributed by atoms with Crippen LogP contribution in [-0.2, 0) is 0 Å². The van der Waals surface area contributed by atoms with Crippen LogP contribution in [0.1, 0.15) is 17.5 Å². The fourth-order valence-electron chi connectivity index (χ4n) is 2.59. The fraction of sp³-hybridized carbons (Fsp3) is 0.467. The summed E-state index contributed by atoms with van der Waals surface area (Å²) in [5.41, 5.74) is 1.74. The third-order valence-electron chi connectivity index (χ3n) is 3.62. The van der Waals surface area contributed by atoms with Crippen molar-refractivity contribution in [3.8, 4) is 12.1 Å². The van der Waals surface area contributed by atoms with E-state index in [1.807, 2.05) is 12.1 Å². The smallest absolute Gasteiger partial charge is 0.103 e. The van der Waals surface area contributed by atoms with E-state index in [0.29, 0.717) is 17.7 Å². The molecule has 0 spiro atoms. The van der Waals surface area contributed by atoms with Crippen LogP contribution < -0.4 is 4.90 Å². The minimum Gasteiger partial charge on any atom is -0.395 e. The molecule has 1 saturated heterocycles. The van der Waals surface area contributed by atoms with Gasteiger partial charge in [0, 0.05) is 26.2 Å². The lowest BCUT2D eigenvalue weighted by Gasteiger charge is -2.24. The number of rotatable bonds is 3.